The van der Waals surface area contributed by atoms with Crippen LogP contribution in [0.5, 0.6) is 0 Å². The van der Waals surface area contributed by atoms with E-state index in [1.165, 1.54) is 12.8 Å². The summed E-state index contributed by atoms with van der Waals surface area (Å²) in [7, 11) is 0. The van der Waals surface area contributed by atoms with Crippen LogP contribution in [0.4, 0.5) is 0 Å². The van der Waals surface area contributed by atoms with Crippen molar-refractivity contribution in [3.63, 3.8) is 0 Å². The number of aromatic nitrogens is 2. The molecule has 4 heteroatoms. The van der Waals surface area contributed by atoms with Gasteiger partial charge in [0.1, 0.15) is 0 Å². The third-order valence-corrected chi connectivity index (χ3v) is 4.18. The van der Waals surface area contributed by atoms with E-state index < -0.39 is 0 Å². The van der Waals surface area contributed by atoms with Crippen molar-refractivity contribution >= 4 is 22.7 Å². The number of rotatable bonds is 3. The molecule has 1 aliphatic carbocycles. The average molecular weight is 246 g/mol. The molecule has 0 aliphatic heterocycles. The summed E-state index contributed by atoms with van der Waals surface area (Å²) < 4.78 is 0. The summed E-state index contributed by atoms with van der Waals surface area (Å²) in [6.45, 7) is 1.94. The molecule has 0 spiro atoms. The summed E-state index contributed by atoms with van der Waals surface area (Å²) >= 11 is 1.66. The zero-order chi connectivity index (χ0) is 11.8. The van der Waals surface area contributed by atoms with Crippen LogP contribution in [0.25, 0.3) is 10.9 Å². The van der Waals surface area contributed by atoms with Gasteiger partial charge in [-0.15, -0.1) is 0 Å². The van der Waals surface area contributed by atoms with Crippen molar-refractivity contribution in [3.05, 3.63) is 34.1 Å². The topological polar surface area (TPSA) is 45.8 Å². The normalized spacial score (nSPS) is 15.4. The van der Waals surface area contributed by atoms with E-state index in [2.05, 4.69) is 9.97 Å². The van der Waals surface area contributed by atoms with E-state index in [0.717, 1.165) is 27.9 Å². The summed E-state index contributed by atoms with van der Waals surface area (Å²) in [6, 6.07) is 5.79. The highest BCUT2D eigenvalue weighted by Gasteiger charge is 2.21. The fraction of sp³-hybridized carbons (Fsp3) is 0.385. The van der Waals surface area contributed by atoms with Crippen LogP contribution in [0, 0.1) is 12.8 Å². The summed E-state index contributed by atoms with van der Waals surface area (Å²) in [5.41, 5.74) is 1.76. The lowest BCUT2D eigenvalue weighted by Gasteiger charge is -2.03. The first-order valence-corrected chi connectivity index (χ1v) is 6.85. The Labute approximate surface area is 104 Å². The van der Waals surface area contributed by atoms with Crippen LogP contribution in [-0.4, -0.2) is 15.7 Å². The second-order valence-corrected chi connectivity index (χ2v) is 5.60. The van der Waals surface area contributed by atoms with Crippen molar-refractivity contribution in [3.8, 4) is 0 Å². The smallest absolute Gasteiger partial charge is 0.259 e. The Morgan fingerprint density at radius 2 is 2.29 bits per heavy atom. The van der Waals surface area contributed by atoms with Gasteiger partial charge in [-0.1, -0.05) is 23.9 Å². The number of thioether (sulfide) groups is 1. The van der Waals surface area contributed by atoms with E-state index in [9.17, 15) is 4.79 Å². The molecule has 0 saturated heterocycles. The quantitative estimate of drug-likeness (QED) is 0.669. The Hall–Kier alpha value is -1.29. The van der Waals surface area contributed by atoms with Crippen LogP contribution >= 0.6 is 11.8 Å². The second kappa shape index (κ2) is 4.18. The van der Waals surface area contributed by atoms with Crippen LogP contribution in [-0.2, 0) is 0 Å². The third-order valence-electron chi connectivity index (χ3n) is 3.07. The van der Waals surface area contributed by atoms with Gasteiger partial charge in [0.15, 0.2) is 5.16 Å². The van der Waals surface area contributed by atoms with E-state index in [1.54, 1.807) is 11.8 Å². The standard InChI is InChI=1S/C13H14N2OS/c1-8-3-2-4-10-11(8)12(16)15-13(14-10)17-7-9-5-6-9/h2-4,9H,5-7H2,1H3,(H,14,15,16). The third kappa shape index (κ3) is 2.22. The number of aromatic amines is 1. The average Bonchev–Trinajstić information content (AvgIpc) is 3.10. The van der Waals surface area contributed by atoms with Gasteiger partial charge >= 0.3 is 0 Å². The van der Waals surface area contributed by atoms with Gasteiger partial charge in [-0.2, -0.15) is 0 Å². The van der Waals surface area contributed by atoms with Gasteiger partial charge in [-0.3, -0.25) is 4.79 Å². The molecule has 1 aromatic carbocycles. The first kappa shape index (κ1) is 10.8. The van der Waals surface area contributed by atoms with Crippen molar-refractivity contribution in [2.24, 2.45) is 5.92 Å². The summed E-state index contributed by atoms with van der Waals surface area (Å²) in [5.74, 6) is 1.90. The minimum atomic E-state index is -0.0219. The summed E-state index contributed by atoms with van der Waals surface area (Å²) in [4.78, 5) is 19.3. The molecule has 88 valence electrons. The lowest BCUT2D eigenvalue weighted by molar-refractivity contribution is 0.949. The Balaban J connectivity index is 2.01. The van der Waals surface area contributed by atoms with Crippen LogP contribution < -0.4 is 5.56 Å². The monoisotopic (exact) mass is 246 g/mol. The van der Waals surface area contributed by atoms with Gasteiger partial charge in [-0.25, -0.2) is 4.98 Å². The highest BCUT2D eigenvalue weighted by molar-refractivity contribution is 7.99. The zero-order valence-corrected chi connectivity index (χ0v) is 10.5. The second-order valence-electron chi connectivity index (χ2n) is 4.59. The summed E-state index contributed by atoms with van der Waals surface area (Å²) in [6.07, 6.45) is 2.65. The predicted octanol–water partition coefficient (Wildman–Crippen LogP) is 2.73. The first-order valence-electron chi connectivity index (χ1n) is 5.86. The van der Waals surface area contributed by atoms with E-state index in [0.29, 0.717) is 5.39 Å². The number of benzene rings is 1. The minimum Gasteiger partial charge on any atom is -0.301 e. The highest BCUT2D eigenvalue weighted by Crippen LogP contribution is 2.34. The molecule has 0 atom stereocenters. The Morgan fingerprint density at radius 3 is 3.06 bits per heavy atom. The summed E-state index contributed by atoms with van der Waals surface area (Å²) in [5, 5.41) is 1.46. The minimum absolute atomic E-state index is 0.0219. The molecule has 17 heavy (non-hydrogen) atoms. The predicted molar refractivity (Wildman–Crippen MR) is 70.5 cm³/mol. The molecule has 1 aromatic heterocycles. The molecular weight excluding hydrogens is 232 g/mol. The van der Waals surface area contributed by atoms with Gasteiger partial charge in [0.2, 0.25) is 0 Å². The number of hydrogen-bond acceptors (Lipinski definition) is 3. The largest absolute Gasteiger partial charge is 0.301 e. The van der Waals surface area contributed by atoms with Gasteiger partial charge < -0.3 is 4.98 Å². The number of hydrogen-bond donors (Lipinski definition) is 1. The van der Waals surface area contributed by atoms with Crippen LogP contribution in [0.2, 0.25) is 0 Å². The SMILES string of the molecule is Cc1cccc2nc(SCC3CC3)[nH]c(=O)c12. The molecule has 1 N–H and O–H groups in total. The van der Waals surface area contributed by atoms with Crippen LogP contribution in [0.15, 0.2) is 28.2 Å². The van der Waals surface area contributed by atoms with Crippen molar-refractivity contribution in [1.29, 1.82) is 0 Å². The number of nitrogens with one attached hydrogen (secondary N) is 1. The highest BCUT2D eigenvalue weighted by atomic mass is 32.2. The molecular formula is C13H14N2OS. The van der Waals surface area contributed by atoms with Gasteiger partial charge in [0, 0.05) is 5.75 Å². The fourth-order valence-electron chi connectivity index (χ4n) is 1.89. The van der Waals surface area contributed by atoms with Crippen molar-refractivity contribution in [2.45, 2.75) is 24.9 Å². The van der Waals surface area contributed by atoms with Crippen molar-refractivity contribution < 1.29 is 0 Å². The lowest BCUT2D eigenvalue weighted by Crippen LogP contribution is -2.10. The molecule has 0 unspecified atom stereocenters. The maximum atomic E-state index is 12.0. The lowest BCUT2D eigenvalue weighted by atomic mass is 10.1. The number of aryl methyl sites for hydroxylation is 1. The van der Waals surface area contributed by atoms with Gasteiger partial charge in [0.05, 0.1) is 10.9 Å². The molecule has 3 rings (SSSR count). The van der Waals surface area contributed by atoms with Crippen molar-refractivity contribution in [1.82, 2.24) is 9.97 Å². The molecule has 1 aliphatic rings. The van der Waals surface area contributed by atoms with E-state index >= 15 is 0 Å². The van der Waals surface area contributed by atoms with Crippen LogP contribution in [0.3, 0.4) is 0 Å². The molecule has 1 fully saturated rings. The van der Waals surface area contributed by atoms with Gasteiger partial charge in [-0.05, 0) is 37.3 Å². The molecule has 0 radical (unpaired) electrons. The molecule has 0 amide bonds. The molecule has 0 bridgehead atoms. The van der Waals surface area contributed by atoms with Crippen molar-refractivity contribution in [2.75, 3.05) is 5.75 Å². The van der Waals surface area contributed by atoms with Crippen LogP contribution in [0.1, 0.15) is 18.4 Å². The van der Waals surface area contributed by atoms with Gasteiger partial charge in [0.25, 0.3) is 5.56 Å². The van der Waals surface area contributed by atoms with E-state index in [1.807, 2.05) is 25.1 Å². The number of nitrogens with zero attached hydrogens (tertiary/aromatic N) is 1. The molecule has 1 heterocycles. The number of H-pyrrole nitrogens is 1. The Kier molecular flexibility index (Phi) is 2.67. The Bertz CT molecular complexity index is 616. The molecule has 2 aromatic rings. The first-order chi connectivity index (χ1) is 8.24. The maximum absolute atomic E-state index is 12.0. The molecule has 1 saturated carbocycles. The van der Waals surface area contributed by atoms with E-state index in [-0.39, 0.29) is 5.56 Å². The maximum Gasteiger partial charge on any atom is 0.259 e. The van der Waals surface area contributed by atoms with E-state index in [4.69, 9.17) is 0 Å². The zero-order valence-electron chi connectivity index (χ0n) is 9.69. The Morgan fingerprint density at radius 1 is 1.47 bits per heavy atom. The number of fused-ring (bicyclic) bond motifs is 1. The molecule has 3 nitrogen and oxygen atoms in total. The fourth-order valence-corrected chi connectivity index (χ4v) is 2.94.